The first-order valence-corrected chi connectivity index (χ1v) is 9.54. The van der Waals surface area contributed by atoms with Gasteiger partial charge in [-0.3, -0.25) is 4.79 Å². The van der Waals surface area contributed by atoms with Gasteiger partial charge < -0.3 is 10.3 Å². The molecule has 0 aliphatic carbocycles. The summed E-state index contributed by atoms with van der Waals surface area (Å²) in [7, 11) is 0. The minimum Gasteiger partial charge on any atom is -0.342 e. The predicted molar refractivity (Wildman–Crippen MR) is 111 cm³/mol. The second-order valence-electron chi connectivity index (χ2n) is 6.33. The monoisotopic (exact) mass is 419 g/mol. The van der Waals surface area contributed by atoms with E-state index in [1.54, 1.807) is 6.07 Å². The van der Waals surface area contributed by atoms with Crippen molar-refractivity contribution in [2.24, 2.45) is 0 Å². The van der Waals surface area contributed by atoms with E-state index in [0.29, 0.717) is 12.0 Å². The van der Waals surface area contributed by atoms with Gasteiger partial charge in [0.15, 0.2) is 0 Å². The van der Waals surface area contributed by atoms with E-state index in [2.05, 4.69) is 38.4 Å². The molecule has 0 aliphatic rings. The first-order chi connectivity index (χ1) is 13.2. The summed E-state index contributed by atoms with van der Waals surface area (Å²) in [4.78, 5) is 20.9. The summed E-state index contributed by atoms with van der Waals surface area (Å²) in [5.41, 5.74) is 3.59. The van der Waals surface area contributed by atoms with Crippen molar-refractivity contribution in [3.8, 4) is 0 Å². The van der Waals surface area contributed by atoms with Gasteiger partial charge in [-0.25, -0.2) is 4.98 Å². The van der Waals surface area contributed by atoms with Crippen molar-refractivity contribution in [2.75, 3.05) is 0 Å². The fourth-order valence-corrected chi connectivity index (χ4v) is 3.55. The van der Waals surface area contributed by atoms with Crippen molar-refractivity contribution in [1.82, 2.24) is 15.3 Å². The zero-order valence-corrected chi connectivity index (χ0v) is 16.1. The van der Waals surface area contributed by atoms with Gasteiger partial charge in [0, 0.05) is 4.47 Å². The molecule has 0 saturated carbocycles. The second kappa shape index (κ2) is 7.76. The fraction of sp³-hybridized carbons (Fsp3) is 0.0909. The Labute approximate surface area is 165 Å². The Balaban J connectivity index is 1.67. The number of carbonyl (C=O) groups is 1. The number of nitrogens with zero attached hydrogens (tertiary/aromatic N) is 1. The third kappa shape index (κ3) is 3.93. The number of carbonyl (C=O) groups excluding carboxylic acids is 1. The zero-order chi connectivity index (χ0) is 18.6. The number of hydrogen-bond donors (Lipinski definition) is 2. The highest BCUT2D eigenvalue weighted by molar-refractivity contribution is 9.10. The van der Waals surface area contributed by atoms with Crippen LogP contribution >= 0.6 is 15.9 Å². The van der Waals surface area contributed by atoms with Crippen LogP contribution in [-0.2, 0) is 6.42 Å². The van der Waals surface area contributed by atoms with Crippen LogP contribution in [0.15, 0.2) is 83.3 Å². The number of halogens is 1. The summed E-state index contributed by atoms with van der Waals surface area (Å²) in [6.45, 7) is 0. The molecule has 27 heavy (non-hydrogen) atoms. The lowest BCUT2D eigenvalue weighted by Gasteiger charge is -2.17. The first-order valence-electron chi connectivity index (χ1n) is 8.74. The smallest absolute Gasteiger partial charge is 0.253 e. The van der Waals surface area contributed by atoms with Gasteiger partial charge >= 0.3 is 0 Å². The van der Waals surface area contributed by atoms with Crippen molar-refractivity contribution in [1.29, 1.82) is 0 Å². The predicted octanol–water partition coefficient (Wildman–Crippen LogP) is 5.04. The summed E-state index contributed by atoms with van der Waals surface area (Å²) < 4.78 is 0.769. The maximum absolute atomic E-state index is 12.9. The van der Waals surface area contributed by atoms with Gasteiger partial charge in [-0.15, -0.1) is 0 Å². The number of rotatable bonds is 5. The van der Waals surface area contributed by atoms with E-state index in [1.165, 1.54) is 0 Å². The summed E-state index contributed by atoms with van der Waals surface area (Å²) in [6.07, 6.45) is 0.650. The molecule has 0 unspecified atom stereocenters. The zero-order valence-electron chi connectivity index (χ0n) is 14.5. The molecule has 4 aromatic rings. The van der Waals surface area contributed by atoms with E-state index in [4.69, 9.17) is 4.98 Å². The molecule has 1 atom stereocenters. The largest absolute Gasteiger partial charge is 0.342 e. The van der Waals surface area contributed by atoms with Crippen LogP contribution in [0.5, 0.6) is 0 Å². The molecule has 3 aromatic carbocycles. The molecule has 0 spiro atoms. The highest BCUT2D eigenvalue weighted by Crippen LogP contribution is 2.22. The van der Waals surface area contributed by atoms with Gasteiger partial charge in [0.2, 0.25) is 0 Å². The number of nitrogens with one attached hydrogen (secondary N) is 2. The standard InChI is InChI=1S/C22H18BrN3O/c23-17-11-5-4-10-16(17)22(27)26-20(14-15-8-2-1-3-9-15)21-24-18-12-6-7-13-19(18)25-21/h1-13,20H,14H2,(H,24,25)(H,26,27)/t20-/m0/s1. The summed E-state index contributed by atoms with van der Waals surface area (Å²) >= 11 is 3.45. The highest BCUT2D eigenvalue weighted by Gasteiger charge is 2.20. The molecular formula is C22H18BrN3O. The molecule has 0 saturated heterocycles. The molecule has 0 bridgehead atoms. The Kier molecular flexibility index (Phi) is 5.03. The number of imidazole rings is 1. The highest BCUT2D eigenvalue weighted by atomic mass is 79.9. The molecule has 0 aliphatic heterocycles. The molecule has 4 nitrogen and oxygen atoms in total. The van der Waals surface area contributed by atoms with Gasteiger partial charge in [-0.1, -0.05) is 54.6 Å². The number of hydrogen-bond acceptors (Lipinski definition) is 2. The number of aromatic amines is 1. The van der Waals surface area contributed by atoms with Gasteiger partial charge in [0.25, 0.3) is 5.91 Å². The number of para-hydroxylation sites is 2. The van der Waals surface area contributed by atoms with Crippen molar-refractivity contribution < 1.29 is 4.79 Å². The number of aromatic nitrogens is 2. The van der Waals surface area contributed by atoms with Crippen LogP contribution in [-0.4, -0.2) is 15.9 Å². The third-order valence-electron chi connectivity index (χ3n) is 4.44. The van der Waals surface area contributed by atoms with Crippen LogP contribution in [0, 0.1) is 0 Å². The van der Waals surface area contributed by atoms with Crippen LogP contribution in [0.1, 0.15) is 27.8 Å². The first kappa shape index (κ1) is 17.5. The molecular weight excluding hydrogens is 402 g/mol. The second-order valence-corrected chi connectivity index (χ2v) is 7.19. The van der Waals surface area contributed by atoms with E-state index in [-0.39, 0.29) is 11.9 Å². The Bertz CT molecular complexity index is 1040. The van der Waals surface area contributed by atoms with E-state index in [0.717, 1.165) is 26.9 Å². The molecule has 1 aromatic heterocycles. The molecule has 5 heteroatoms. The van der Waals surface area contributed by atoms with Gasteiger partial charge in [0.1, 0.15) is 5.82 Å². The lowest BCUT2D eigenvalue weighted by Crippen LogP contribution is -2.31. The molecule has 1 amide bonds. The van der Waals surface area contributed by atoms with Gasteiger partial charge in [0.05, 0.1) is 22.6 Å². The summed E-state index contributed by atoms with van der Waals surface area (Å²) in [5, 5.41) is 3.14. The topological polar surface area (TPSA) is 57.8 Å². The Hall–Kier alpha value is -2.92. The van der Waals surface area contributed by atoms with Crippen LogP contribution in [0.25, 0.3) is 11.0 Å². The van der Waals surface area contributed by atoms with Crippen LogP contribution in [0.2, 0.25) is 0 Å². The normalized spacial score (nSPS) is 12.0. The van der Waals surface area contributed by atoms with E-state index in [1.807, 2.05) is 60.7 Å². The van der Waals surface area contributed by atoms with Crippen LogP contribution in [0.4, 0.5) is 0 Å². The summed E-state index contributed by atoms with van der Waals surface area (Å²) in [5.74, 6) is 0.615. The number of amides is 1. The van der Waals surface area contributed by atoms with Gasteiger partial charge in [-0.2, -0.15) is 0 Å². The lowest BCUT2D eigenvalue weighted by molar-refractivity contribution is 0.0934. The SMILES string of the molecule is O=C(N[C@@H](Cc1ccccc1)c1nc2ccccc2[nH]1)c1ccccc1Br. The van der Waals surface area contributed by atoms with Gasteiger partial charge in [-0.05, 0) is 52.2 Å². The number of fused-ring (bicyclic) bond motifs is 1. The average molecular weight is 420 g/mol. The molecule has 134 valence electrons. The Morgan fingerprint density at radius 1 is 0.963 bits per heavy atom. The Morgan fingerprint density at radius 3 is 2.44 bits per heavy atom. The van der Waals surface area contributed by atoms with Crippen molar-refractivity contribution >= 4 is 32.9 Å². The minimum atomic E-state index is -0.264. The van der Waals surface area contributed by atoms with Crippen molar-refractivity contribution in [3.05, 3.63) is 100 Å². The maximum Gasteiger partial charge on any atom is 0.253 e. The molecule has 2 N–H and O–H groups in total. The van der Waals surface area contributed by atoms with Crippen molar-refractivity contribution in [2.45, 2.75) is 12.5 Å². The molecule has 0 fully saturated rings. The molecule has 4 rings (SSSR count). The van der Waals surface area contributed by atoms with E-state index < -0.39 is 0 Å². The number of H-pyrrole nitrogens is 1. The van der Waals surface area contributed by atoms with E-state index >= 15 is 0 Å². The van der Waals surface area contributed by atoms with E-state index in [9.17, 15) is 4.79 Å². The molecule has 0 radical (unpaired) electrons. The average Bonchev–Trinajstić information content (AvgIpc) is 3.13. The number of benzene rings is 3. The maximum atomic E-state index is 12.9. The quantitative estimate of drug-likeness (QED) is 0.475. The summed E-state index contributed by atoms with van der Waals surface area (Å²) in [6, 6.07) is 25.1. The Morgan fingerprint density at radius 2 is 1.67 bits per heavy atom. The minimum absolute atomic E-state index is 0.135. The van der Waals surface area contributed by atoms with Crippen LogP contribution in [0.3, 0.4) is 0 Å². The molecule has 1 heterocycles. The lowest BCUT2D eigenvalue weighted by atomic mass is 10.0. The van der Waals surface area contributed by atoms with Crippen molar-refractivity contribution in [3.63, 3.8) is 0 Å². The third-order valence-corrected chi connectivity index (χ3v) is 5.14. The fourth-order valence-electron chi connectivity index (χ4n) is 3.08. The van der Waals surface area contributed by atoms with Crippen LogP contribution < -0.4 is 5.32 Å².